The monoisotopic (exact) mass is 612 g/mol. The van der Waals surface area contributed by atoms with Gasteiger partial charge in [-0.15, -0.1) is 4.33 Å². The topological polar surface area (TPSA) is 91.3 Å². The first-order valence-electron chi connectivity index (χ1n) is 12.1. The number of alkyl halides is 9. The van der Waals surface area contributed by atoms with Crippen LogP contribution in [0, 0.1) is 5.92 Å². The SMILES string of the molecule is CCCCC(CC)COC(=O)CC(SOOO)C(=O)OCCCCCCC(F)(F)C(F)(F)C(F)(F)C(F)(F)F. The van der Waals surface area contributed by atoms with Gasteiger partial charge in [-0.25, -0.2) is 5.26 Å². The van der Waals surface area contributed by atoms with Crippen molar-refractivity contribution in [3.05, 3.63) is 0 Å². The highest BCUT2D eigenvalue weighted by Crippen LogP contribution is 2.54. The van der Waals surface area contributed by atoms with Crippen LogP contribution in [-0.2, 0) is 28.4 Å². The largest absolute Gasteiger partial charge is 0.465 e. The first-order chi connectivity index (χ1) is 18.0. The second-order valence-corrected chi connectivity index (χ2v) is 9.61. The van der Waals surface area contributed by atoms with E-state index < -0.39 is 60.4 Å². The average molecular weight is 613 g/mol. The highest BCUT2D eigenvalue weighted by molar-refractivity contribution is 7.95. The molecule has 0 heterocycles. The van der Waals surface area contributed by atoms with Crippen LogP contribution in [0.1, 0.15) is 78.1 Å². The lowest BCUT2D eigenvalue weighted by Gasteiger charge is -2.33. The van der Waals surface area contributed by atoms with Gasteiger partial charge in [0.1, 0.15) is 5.25 Å². The third kappa shape index (κ3) is 12.3. The molecular weight excluding hydrogens is 579 g/mol. The van der Waals surface area contributed by atoms with E-state index in [0.29, 0.717) is 0 Å². The molecule has 2 atom stereocenters. The van der Waals surface area contributed by atoms with E-state index in [1.807, 2.05) is 13.8 Å². The molecule has 0 radical (unpaired) electrons. The number of esters is 2. The molecule has 0 rings (SSSR count). The molecule has 0 aliphatic heterocycles. The van der Waals surface area contributed by atoms with E-state index in [1.54, 1.807) is 0 Å². The van der Waals surface area contributed by atoms with Gasteiger partial charge in [-0.1, -0.05) is 51.0 Å². The average Bonchev–Trinajstić information content (AvgIpc) is 2.84. The van der Waals surface area contributed by atoms with E-state index in [2.05, 4.69) is 9.37 Å². The Bertz CT molecular complexity index is 724. The number of carbonyl (C=O) groups excluding carboxylic acids is 2. The summed E-state index contributed by atoms with van der Waals surface area (Å²) in [6, 6.07) is 0. The summed E-state index contributed by atoms with van der Waals surface area (Å²) < 4.78 is 130. The Kier molecular flexibility index (Phi) is 16.7. The van der Waals surface area contributed by atoms with Crippen LogP contribution < -0.4 is 0 Å². The summed E-state index contributed by atoms with van der Waals surface area (Å²) in [6.07, 6.45) is -6.89. The molecule has 17 heteroatoms. The molecule has 2 unspecified atom stereocenters. The van der Waals surface area contributed by atoms with E-state index >= 15 is 0 Å². The molecule has 0 fully saturated rings. The van der Waals surface area contributed by atoms with Crippen LogP contribution >= 0.6 is 12.0 Å². The third-order valence-electron chi connectivity index (χ3n) is 5.66. The van der Waals surface area contributed by atoms with E-state index in [-0.39, 0.29) is 50.4 Å². The summed E-state index contributed by atoms with van der Waals surface area (Å²) in [4.78, 5) is 24.3. The molecule has 0 saturated heterocycles. The molecule has 0 aromatic carbocycles. The summed E-state index contributed by atoms with van der Waals surface area (Å²) in [5, 5.41) is 10.4. The number of ether oxygens (including phenoxy) is 2. The lowest BCUT2D eigenvalue weighted by atomic mass is 9.98. The Hall–Kier alpha value is -1.46. The van der Waals surface area contributed by atoms with Gasteiger partial charge in [0.05, 0.1) is 31.7 Å². The summed E-state index contributed by atoms with van der Waals surface area (Å²) in [6.45, 7) is 3.75. The minimum absolute atomic E-state index is 0.0127. The van der Waals surface area contributed by atoms with Gasteiger partial charge < -0.3 is 9.47 Å². The predicted octanol–water partition coefficient (Wildman–Crippen LogP) is 7.54. The van der Waals surface area contributed by atoms with Crippen LogP contribution in [0.4, 0.5) is 39.5 Å². The highest BCUT2D eigenvalue weighted by Gasteiger charge is 2.81. The van der Waals surface area contributed by atoms with Crippen LogP contribution in [0.2, 0.25) is 0 Å². The number of unbranched alkanes of at least 4 members (excludes halogenated alkanes) is 4. The smallest absolute Gasteiger partial charge is 0.460 e. The molecule has 0 aromatic rings. The van der Waals surface area contributed by atoms with Gasteiger partial charge in [0, 0.05) is 6.42 Å². The van der Waals surface area contributed by atoms with E-state index in [0.717, 1.165) is 25.7 Å². The fourth-order valence-electron chi connectivity index (χ4n) is 3.17. The fraction of sp³-hybridized carbons (Fsp3) is 0.909. The van der Waals surface area contributed by atoms with Crippen molar-refractivity contribution in [1.29, 1.82) is 0 Å². The Balaban J connectivity index is 4.58. The van der Waals surface area contributed by atoms with Crippen molar-refractivity contribution in [2.24, 2.45) is 5.92 Å². The van der Waals surface area contributed by atoms with Crippen LogP contribution in [0.5, 0.6) is 0 Å². The standard InChI is InChI=1S/C22H33F9O7S/c1-3-5-10-15(4-2)14-36-17(32)13-16(39-38-37-34)18(33)35-12-9-7-6-8-11-19(23,24)20(25,26)21(27,28)22(29,30)31/h15-16,34H,3-14H2,1-2H3. The molecule has 0 aliphatic carbocycles. The molecule has 232 valence electrons. The molecule has 0 bridgehead atoms. The van der Waals surface area contributed by atoms with Gasteiger partial charge in [-0.05, 0) is 25.2 Å². The molecule has 0 aromatic heterocycles. The van der Waals surface area contributed by atoms with Gasteiger partial charge in [0.25, 0.3) is 0 Å². The maximum atomic E-state index is 13.5. The first kappa shape index (κ1) is 37.5. The Labute approximate surface area is 224 Å². The maximum absolute atomic E-state index is 13.5. The van der Waals surface area contributed by atoms with Gasteiger partial charge >= 0.3 is 35.9 Å². The number of rotatable bonds is 21. The van der Waals surface area contributed by atoms with Crippen molar-refractivity contribution in [1.82, 2.24) is 0 Å². The van der Waals surface area contributed by atoms with E-state index in [4.69, 9.17) is 14.7 Å². The Morgan fingerprint density at radius 3 is 2.00 bits per heavy atom. The highest BCUT2D eigenvalue weighted by atomic mass is 32.2. The molecule has 0 spiro atoms. The zero-order valence-electron chi connectivity index (χ0n) is 21.3. The Morgan fingerprint density at radius 1 is 0.846 bits per heavy atom. The van der Waals surface area contributed by atoms with Crippen molar-refractivity contribution in [2.75, 3.05) is 13.2 Å². The maximum Gasteiger partial charge on any atom is 0.460 e. The second-order valence-electron chi connectivity index (χ2n) is 8.71. The molecule has 1 N–H and O–H groups in total. The number of halogens is 9. The quantitative estimate of drug-likeness (QED) is 0.0355. The zero-order valence-corrected chi connectivity index (χ0v) is 22.2. The molecule has 0 saturated carbocycles. The van der Waals surface area contributed by atoms with Gasteiger partial charge in [-0.2, -0.15) is 39.5 Å². The number of hydrogen-bond acceptors (Lipinski definition) is 8. The van der Waals surface area contributed by atoms with Crippen molar-refractivity contribution in [2.45, 2.75) is 107 Å². The summed E-state index contributed by atoms with van der Waals surface area (Å²) in [7, 11) is 0. The van der Waals surface area contributed by atoms with Crippen LogP contribution in [0.15, 0.2) is 0 Å². The fourth-order valence-corrected chi connectivity index (χ4v) is 3.65. The summed E-state index contributed by atoms with van der Waals surface area (Å²) in [5.74, 6) is -20.8. The summed E-state index contributed by atoms with van der Waals surface area (Å²) in [5.41, 5.74) is 0. The molecular formula is C22H33F9O7S. The van der Waals surface area contributed by atoms with E-state index in [1.165, 1.54) is 0 Å². The van der Waals surface area contributed by atoms with E-state index in [9.17, 15) is 49.1 Å². The first-order valence-corrected chi connectivity index (χ1v) is 12.9. The van der Waals surface area contributed by atoms with Crippen molar-refractivity contribution >= 4 is 24.0 Å². The molecule has 7 nitrogen and oxygen atoms in total. The second kappa shape index (κ2) is 17.4. The van der Waals surface area contributed by atoms with Crippen molar-refractivity contribution in [3.63, 3.8) is 0 Å². The zero-order chi connectivity index (χ0) is 30.3. The normalized spacial score (nSPS) is 14.7. The van der Waals surface area contributed by atoms with Crippen molar-refractivity contribution < 1.29 is 73.2 Å². The number of carbonyl (C=O) groups is 2. The number of hydrogen-bond donors (Lipinski definition) is 1. The van der Waals surface area contributed by atoms with Crippen LogP contribution in [-0.4, -0.2) is 59.6 Å². The van der Waals surface area contributed by atoms with Crippen LogP contribution in [0.25, 0.3) is 0 Å². The van der Waals surface area contributed by atoms with Gasteiger partial charge in [0.15, 0.2) is 0 Å². The molecule has 39 heavy (non-hydrogen) atoms. The lowest BCUT2D eigenvalue weighted by molar-refractivity contribution is -0.432. The molecule has 0 aliphatic rings. The summed E-state index contributed by atoms with van der Waals surface area (Å²) >= 11 is 0.249. The molecule has 0 amide bonds. The lowest BCUT2D eigenvalue weighted by Crippen LogP contribution is -2.60. The minimum atomic E-state index is -6.92. The van der Waals surface area contributed by atoms with Gasteiger partial charge in [-0.3, -0.25) is 9.59 Å². The van der Waals surface area contributed by atoms with Crippen molar-refractivity contribution in [3.8, 4) is 0 Å². The predicted molar refractivity (Wildman–Crippen MR) is 120 cm³/mol. The third-order valence-corrected chi connectivity index (χ3v) is 6.39. The Morgan fingerprint density at radius 2 is 1.46 bits per heavy atom. The van der Waals surface area contributed by atoms with Gasteiger partial charge in [0.2, 0.25) is 0 Å². The van der Waals surface area contributed by atoms with Crippen LogP contribution in [0.3, 0.4) is 0 Å². The minimum Gasteiger partial charge on any atom is -0.465 e.